The van der Waals surface area contributed by atoms with E-state index in [4.69, 9.17) is 4.74 Å². The molecule has 4 heteroatoms. The Morgan fingerprint density at radius 2 is 2.11 bits per heavy atom. The maximum atomic E-state index is 12.8. The zero-order chi connectivity index (χ0) is 13.3. The Balaban J connectivity index is 2.06. The lowest BCUT2D eigenvalue weighted by atomic mass is 9.77. The first kappa shape index (κ1) is 12.4. The van der Waals surface area contributed by atoms with E-state index in [-0.39, 0.29) is 17.9 Å². The Morgan fingerprint density at radius 3 is 2.72 bits per heavy atom. The van der Waals surface area contributed by atoms with Gasteiger partial charge in [0.1, 0.15) is 5.72 Å². The van der Waals surface area contributed by atoms with Gasteiger partial charge in [-0.15, -0.1) is 0 Å². The number of ether oxygens (including phenoxy) is 1. The minimum Gasteiger partial charge on any atom is -0.393 e. The van der Waals surface area contributed by atoms with E-state index < -0.39 is 17.2 Å². The Kier molecular flexibility index (Phi) is 2.40. The SMILES string of the molecule is CC(C)[C@H]1CO[C@]2(C)[C@H]3C(O)CC[C@@]3(C)C(=O)N12. The van der Waals surface area contributed by atoms with E-state index in [1.54, 1.807) is 0 Å². The predicted octanol–water partition coefficient (Wildman–Crippen LogP) is 1.38. The lowest BCUT2D eigenvalue weighted by molar-refractivity contribution is -0.144. The van der Waals surface area contributed by atoms with Crippen LogP contribution in [-0.2, 0) is 9.53 Å². The number of nitrogens with zero attached hydrogens (tertiary/aromatic N) is 1. The highest BCUT2D eigenvalue weighted by atomic mass is 16.5. The summed E-state index contributed by atoms with van der Waals surface area (Å²) in [5.41, 5.74) is -1.03. The first-order valence-electron chi connectivity index (χ1n) is 6.98. The smallest absolute Gasteiger partial charge is 0.231 e. The number of fused-ring (bicyclic) bond motifs is 3. The van der Waals surface area contributed by atoms with E-state index in [1.807, 2.05) is 18.7 Å². The number of aliphatic hydroxyl groups is 1. The molecule has 3 aliphatic rings. The zero-order valence-corrected chi connectivity index (χ0v) is 11.6. The molecule has 1 amide bonds. The fourth-order valence-corrected chi connectivity index (χ4v) is 4.47. The molecule has 2 aliphatic heterocycles. The molecule has 2 saturated heterocycles. The van der Waals surface area contributed by atoms with E-state index >= 15 is 0 Å². The van der Waals surface area contributed by atoms with Gasteiger partial charge in [0.15, 0.2) is 0 Å². The highest BCUT2D eigenvalue weighted by Gasteiger charge is 2.71. The van der Waals surface area contributed by atoms with Crippen LogP contribution in [0.1, 0.15) is 40.5 Å². The molecular weight excluding hydrogens is 230 g/mol. The molecule has 18 heavy (non-hydrogen) atoms. The van der Waals surface area contributed by atoms with E-state index in [0.29, 0.717) is 18.9 Å². The molecule has 5 atom stereocenters. The minimum atomic E-state index is -0.601. The maximum absolute atomic E-state index is 12.8. The van der Waals surface area contributed by atoms with Crippen molar-refractivity contribution in [2.24, 2.45) is 17.3 Å². The van der Waals surface area contributed by atoms with Crippen LogP contribution >= 0.6 is 0 Å². The monoisotopic (exact) mass is 253 g/mol. The molecule has 1 aliphatic carbocycles. The molecule has 0 bridgehead atoms. The summed E-state index contributed by atoms with van der Waals surface area (Å²) in [4.78, 5) is 14.7. The fraction of sp³-hybridized carbons (Fsp3) is 0.929. The first-order chi connectivity index (χ1) is 8.32. The Hall–Kier alpha value is -0.610. The Morgan fingerprint density at radius 1 is 1.44 bits per heavy atom. The number of hydrogen-bond donors (Lipinski definition) is 1. The van der Waals surface area contributed by atoms with Crippen molar-refractivity contribution in [1.29, 1.82) is 0 Å². The number of carbonyl (C=O) groups is 1. The van der Waals surface area contributed by atoms with Crippen molar-refractivity contribution in [3.05, 3.63) is 0 Å². The van der Waals surface area contributed by atoms with Crippen molar-refractivity contribution in [1.82, 2.24) is 4.90 Å². The molecule has 1 saturated carbocycles. The van der Waals surface area contributed by atoms with Crippen molar-refractivity contribution in [2.45, 2.75) is 58.4 Å². The van der Waals surface area contributed by atoms with Crippen LogP contribution in [-0.4, -0.2) is 40.4 Å². The summed E-state index contributed by atoms with van der Waals surface area (Å²) in [6.07, 6.45) is 1.07. The van der Waals surface area contributed by atoms with Crippen molar-refractivity contribution in [3.8, 4) is 0 Å². The van der Waals surface area contributed by atoms with Crippen LogP contribution in [0.3, 0.4) is 0 Å². The van der Waals surface area contributed by atoms with Crippen molar-refractivity contribution in [2.75, 3.05) is 6.61 Å². The third-order valence-electron chi connectivity index (χ3n) is 5.44. The summed E-state index contributed by atoms with van der Waals surface area (Å²) < 4.78 is 6.00. The molecule has 1 N–H and O–H groups in total. The molecule has 3 fully saturated rings. The van der Waals surface area contributed by atoms with Gasteiger partial charge in [-0.1, -0.05) is 20.8 Å². The summed E-state index contributed by atoms with van der Waals surface area (Å²) in [5, 5.41) is 10.3. The summed E-state index contributed by atoms with van der Waals surface area (Å²) in [6, 6.07) is 0.150. The molecule has 0 radical (unpaired) electrons. The molecule has 3 rings (SSSR count). The van der Waals surface area contributed by atoms with Crippen LogP contribution in [0, 0.1) is 17.3 Å². The number of hydrogen-bond acceptors (Lipinski definition) is 3. The topological polar surface area (TPSA) is 49.8 Å². The van der Waals surface area contributed by atoms with E-state index in [9.17, 15) is 9.90 Å². The molecule has 4 nitrogen and oxygen atoms in total. The van der Waals surface area contributed by atoms with Crippen LogP contribution in [0.15, 0.2) is 0 Å². The molecule has 1 unspecified atom stereocenters. The van der Waals surface area contributed by atoms with Crippen molar-refractivity contribution >= 4 is 5.91 Å². The van der Waals surface area contributed by atoms with E-state index in [2.05, 4.69) is 13.8 Å². The summed E-state index contributed by atoms with van der Waals surface area (Å²) in [6.45, 7) is 8.83. The Labute approximate surface area is 108 Å². The van der Waals surface area contributed by atoms with Gasteiger partial charge in [-0.3, -0.25) is 4.79 Å². The van der Waals surface area contributed by atoms with Gasteiger partial charge >= 0.3 is 0 Å². The van der Waals surface area contributed by atoms with Crippen molar-refractivity contribution < 1.29 is 14.6 Å². The molecule has 0 spiro atoms. The van der Waals surface area contributed by atoms with Gasteiger partial charge in [0, 0.05) is 5.92 Å². The molecule has 2 heterocycles. The normalized spacial score (nSPS) is 51.1. The van der Waals surface area contributed by atoms with Crippen LogP contribution in [0.5, 0.6) is 0 Å². The average Bonchev–Trinajstić information content (AvgIpc) is 2.82. The Bertz CT molecular complexity index is 397. The second-order valence-corrected chi connectivity index (χ2v) is 6.85. The van der Waals surface area contributed by atoms with Gasteiger partial charge in [-0.05, 0) is 25.7 Å². The molecule has 0 aromatic rings. The van der Waals surface area contributed by atoms with Crippen LogP contribution in [0.4, 0.5) is 0 Å². The summed E-state index contributed by atoms with van der Waals surface area (Å²) in [5.74, 6) is 0.486. The average molecular weight is 253 g/mol. The second kappa shape index (κ2) is 3.48. The minimum absolute atomic E-state index is 0.0822. The van der Waals surface area contributed by atoms with E-state index in [1.165, 1.54) is 0 Å². The van der Waals surface area contributed by atoms with Gasteiger partial charge in [0.25, 0.3) is 0 Å². The molecule has 0 aromatic carbocycles. The third kappa shape index (κ3) is 1.21. The number of aliphatic hydroxyl groups excluding tert-OH is 1. The number of rotatable bonds is 1. The van der Waals surface area contributed by atoms with Crippen LogP contribution in [0.2, 0.25) is 0 Å². The number of amides is 1. The highest BCUT2D eigenvalue weighted by Crippen LogP contribution is 2.60. The third-order valence-corrected chi connectivity index (χ3v) is 5.44. The van der Waals surface area contributed by atoms with Gasteiger partial charge < -0.3 is 14.7 Å². The summed E-state index contributed by atoms with van der Waals surface area (Å²) in [7, 11) is 0. The van der Waals surface area contributed by atoms with Crippen LogP contribution in [0.25, 0.3) is 0 Å². The van der Waals surface area contributed by atoms with Gasteiger partial charge in [0.05, 0.1) is 24.2 Å². The molecule has 0 aromatic heterocycles. The van der Waals surface area contributed by atoms with Gasteiger partial charge in [-0.2, -0.15) is 0 Å². The van der Waals surface area contributed by atoms with Crippen molar-refractivity contribution in [3.63, 3.8) is 0 Å². The molecule has 102 valence electrons. The quantitative estimate of drug-likeness (QED) is 0.768. The van der Waals surface area contributed by atoms with E-state index in [0.717, 1.165) is 6.42 Å². The lowest BCUT2D eigenvalue weighted by Gasteiger charge is -2.35. The lowest BCUT2D eigenvalue weighted by Crippen LogP contribution is -2.49. The first-order valence-corrected chi connectivity index (χ1v) is 6.98. The summed E-state index contributed by atoms with van der Waals surface area (Å²) >= 11 is 0. The number of carbonyl (C=O) groups excluding carboxylic acids is 1. The maximum Gasteiger partial charge on any atom is 0.231 e. The standard InChI is InChI=1S/C14H23NO3/c1-8(2)9-7-18-14(4)11-10(16)5-6-13(11,3)12(17)15(9)14/h8-11,16H,5-7H2,1-4H3/t9-,10?,11+,13-,14-/m1/s1. The fourth-order valence-electron chi connectivity index (χ4n) is 4.47. The zero-order valence-electron chi connectivity index (χ0n) is 11.6. The largest absolute Gasteiger partial charge is 0.393 e. The predicted molar refractivity (Wildman–Crippen MR) is 66.7 cm³/mol. The second-order valence-electron chi connectivity index (χ2n) is 6.85. The van der Waals surface area contributed by atoms with Gasteiger partial charge in [-0.25, -0.2) is 0 Å². The van der Waals surface area contributed by atoms with Crippen LogP contribution < -0.4 is 0 Å². The van der Waals surface area contributed by atoms with Gasteiger partial charge in [0.2, 0.25) is 5.91 Å². The molecular formula is C14H23NO3. The highest BCUT2D eigenvalue weighted by molar-refractivity contribution is 5.87.